The van der Waals surface area contributed by atoms with Crippen LogP contribution >= 0.6 is 0 Å². The molecule has 0 heterocycles. The van der Waals surface area contributed by atoms with Crippen LogP contribution in [0.5, 0.6) is 11.5 Å². The Labute approximate surface area is 129 Å². The standard InChI is InChI=1S/C17H20N2O3/c1-3-13-4-6-14(7-5-13)19-17(21)18-12(2)22-16-10-8-15(20)9-11-16/h4-12,20H,3H2,1-2H3,(H2,18,19,21). The van der Waals surface area contributed by atoms with Crippen molar-refractivity contribution in [2.75, 3.05) is 5.32 Å². The number of aryl methyl sites for hydroxylation is 1. The van der Waals surface area contributed by atoms with E-state index in [1.807, 2.05) is 24.3 Å². The van der Waals surface area contributed by atoms with Crippen LogP contribution in [-0.4, -0.2) is 17.4 Å². The molecule has 0 saturated carbocycles. The Morgan fingerprint density at radius 2 is 1.77 bits per heavy atom. The normalized spacial score (nSPS) is 11.5. The van der Waals surface area contributed by atoms with Crippen LogP contribution in [0.15, 0.2) is 48.5 Å². The monoisotopic (exact) mass is 300 g/mol. The Hall–Kier alpha value is -2.69. The summed E-state index contributed by atoms with van der Waals surface area (Å²) in [6, 6.07) is 13.7. The molecule has 116 valence electrons. The zero-order chi connectivity index (χ0) is 15.9. The first-order valence-electron chi connectivity index (χ1n) is 7.19. The molecule has 2 aromatic rings. The van der Waals surface area contributed by atoms with Gasteiger partial charge in [-0.1, -0.05) is 19.1 Å². The fraction of sp³-hybridized carbons (Fsp3) is 0.235. The number of phenolic OH excluding ortho intramolecular Hbond substituents is 1. The molecule has 0 fully saturated rings. The Morgan fingerprint density at radius 3 is 2.36 bits per heavy atom. The SMILES string of the molecule is CCc1ccc(NC(=O)NC(C)Oc2ccc(O)cc2)cc1. The molecule has 2 rings (SSSR count). The van der Waals surface area contributed by atoms with E-state index < -0.39 is 6.23 Å². The molecule has 0 spiro atoms. The van der Waals surface area contributed by atoms with Gasteiger partial charge in [0, 0.05) is 5.69 Å². The summed E-state index contributed by atoms with van der Waals surface area (Å²) >= 11 is 0. The summed E-state index contributed by atoms with van der Waals surface area (Å²) in [6.07, 6.45) is 0.462. The average Bonchev–Trinajstić information content (AvgIpc) is 2.50. The van der Waals surface area contributed by atoms with E-state index in [1.165, 1.54) is 17.7 Å². The largest absolute Gasteiger partial charge is 0.508 e. The number of amides is 2. The molecule has 0 aromatic heterocycles. The third-order valence-electron chi connectivity index (χ3n) is 3.10. The fourth-order valence-electron chi connectivity index (χ4n) is 1.93. The number of anilines is 1. The minimum Gasteiger partial charge on any atom is -0.508 e. The first kappa shape index (κ1) is 15.7. The van der Waals surface area contributed by atoms with Gasteiger partial charge in [-0.2, -0.15) is 0 Å². The van der Waals surface area contributed by atoms with Gasteiger partial charge in [-0.05, 0) is 55.3 Å². The molecule has 0 radical (unpaired) electrons. The van der Waals surface area contributed by atoms with E-state index in [-0.39, 0.29) is 11.8 Å². The highest BCUT2D eigenvalue weighted by Crippen LogP contribution is 2.16. The first-order chi connectivity index (χ1) is 10.6. The molecule has 1 atom stereocenters. The number of hydrogen-bond donors (Lipinski definition) is 3. The summed E-state index contributed by atoms with van der Waals surface area (Å²) < 4.78 is 5.53. The maximum Gasteiger partial charge on any atom is 0.322 e. The predicted molar refractivity (Wildman–Crippen MR) is 86.2 cm³/mol. The predicted octanol–water partition coefficient (Wildman–Crippen LogP) is 3.50. The first-order valence-corrected chi connectivity index (χ1v) is 7.19. The van der Waals surface area contributed by atoms with Gasteiger partial charge in [-0.25, -0.2) is 4.79 Å². The molecule has 2 aromatic carbocycles. The number of urea groups is 1. The number of nitrogens with one attached hydrogen (secondary N) is 2. The molecular formula is C17H20N2O3. The van der Waals surface area contributed by atoms with Crippen molar-refractivity contribution in [3.8, 4) is 11.5 Å². The van der Waals surface area contributed by atoms with Crippen LogP contribution in [0.2, 0.25) is 0 Å². The second-order valence-electron chi connectivity index (χ2n) is 4.90. The number of benzene rings is 2. The Morgan fingerprint density at radius 1 is 1.14 bits per heavy atom. The lowest BCUT2D eigenvalue weighted by atomic mass is 10.1. The van der Waals surface area contributed by atoms with E-state index in [2.05, 4.69) is 17.6 Å². The second kappa shape index (κ2) is 7.36. The number of rotatable bonds is 5. The lowest BCUT2D eigenvalue weighted by molar-refractivity contribution is 0.183. The van der Waals surface area contributed by atoms with Gasteiger partial charge in [0.25, 0.3) is 0 Å². The quantitative estimate of drug-likeness (QED) is 0.740. The van der Waals surface area contributed by atoms with Crippen molar-refractivity contribution < 1.29 is 14.6 Å². The van der Waals surface area contributed by atoms with Crippen molar-refractivity contribution in [1.29, 1.82) is 0 Å². The van der Waals surface area contributed by atoms with Gasteiger partial charge in [-0.3, -0.25) is 0 Å². The number of ether oxygens (including phenoxy) is 1. The second-order valence-corrected chi connectivity index (χ2v) is 4.90. The maximum absolute atomic E-state index is 11.9. The van der Waals surface area contributed by atoms with Crippen LogP contribution < -0.4 is 15.4 Å². The van der Waals surface area contributed by atoms with Crippen LogP contribution in [0.25, 0.3) is 0 Å². The van der Waals surface area contributed by atoms with E-state index in [4.69, 9.17) is 4.74 Å². The van der Waals surface area contributed by atoms with Gasteiger partial charge in [0.1, 0.15) is 11.5 Å². The van der Waals surface area contributed by atoms with Gasteiger partial charge in [-0.15, -0.1) is 0 Å². The Balaban J connectivity index is 1.83. The maximum atomic E-state index is 11.9. The molecular weight excluding hydrogens is 280 g/mol. The summed E-state index contributed by atoms with van der Waals surface area (Å²) in [5, 5.41) is 14.6. The molecule has 2 amide bonds. The molecule has 5 heteroatoms. The number of phenols is 1. The number of hydrogen-bond acceptors (Lipinski definition) is 3. The summed E-state index contributed by atoms with van der Waals surface area (Å²) in [5.41, 5.74) is 1.95. The topological polar surface area (TPSA) is 70.6 Å². The van der Waals surface area contributed by atoms with Crippen LogP contribution in [0, 0.1) is 0 Å². The van der Waals surface area contributed by atoms with Gasteiger partial charge in [0.2, 0.25) is 0 Å². The van der Waals surface area contributed by atoms with Gasteiger partial charge in [0.15, 0.2) is 6.23 Å². The summed E-state index contributed by atoms with van der Waals surface area (Å²) in [5.74, 6) is 0.735. The van der Waals surface area contributed by atoms with Gasteiger partial charge >= 0.3 is 6.03 Å². The molecule has 0 saturated heterocycles. The molecule has 0 aliphatic carbocycles. The fourth-order valence-corrected chi connectivity index (χ4v) is 1.93. The molecule has 22 heavy (non-hydrogen) atoms. The summed E-state index contributed by atoms with van der Waals surface area (Å²) in [7, 11) is 0. The van der Waals surface area contributed by atoms with Crippen LogP contribution in [-0.2, 0) is 6.42 Å². The molecule has 0 aliphatic heterocycles. The third kappa shape index (κ3) is 4.70. The van der Waals surface area contributed by atoms with E-state index in [9.17, 15) is 9.90 Å². The molecule has 0 bridgehead atoms. The van der Waals surface area contributed by atoms with Crippen LogP contribution in [0.4, 0.5) is 10.5 Å². The summed E-state index contributed by atoms with van der Waals surface area (Å²) in [4.78, 5) is 11.9. The zero-order valence-electron chi connectivity index (χ0n) is 12.7. The van der Waals surface area contributed by atoms with Crippen molar-refractivity contribution in [3.63, 3.8) is 0 Å². The average molecular weight is 300 g/mol. The smallest absolute Gasteiger partial charge is 0.322 e. The molecule has 3 N–H and O–H groups in total. The Kier molecular flexibility index (Phi) is 5.25. The van der Waals surface area contributed by atoms with Crippen LogP contribution in [0.3, 0.4) is 0 Å². The molecule has 1 unspecified atom stereocenters. The zero-order valence-corrected chi connectivity index (χ0v) is 12.7. The minimum atomic E-state index is -0.501. The van der Waals surface area contributed by atoms with Crippen molar-refractivity contribution in [2.45, 2.75) is 26.5 Å². The van der Waals surface area contributed by atoms with Crippen molar-refractivity contribution >= 4 is 11.7 Å². The Bertz CT molecular complexity index is 609. The number of carbonyl (C=O) groups excluding carboxylic acids is 1. The highest BCUT2D eigenvalue weighted by molar-refractivity contribution is 5.89. The third-order valence-corrected chi connectivity index (χ3v) is 3.10. The van der Waals surface area contributed by atoms with Crippen molar-refractivity contribution in [2.24, 2.45) is 0 Å². The van der Waals surface area contributed by atoms with E-state index in [0.717, 1.165) is 12.1 Å². The van der Waals surface area contributed by atoms with Crippen LogP contribution in [0.1, 0.15) is 19.4 Å². The molecule has 0 aliphatic rings. The highest BCUT2D eigenvalue weighted by Gasteiger charge is 2.08. The van der Waals surface area contributed by atoms with Crippen molar-refractivity contribution in [1.82, 2.24) is 5.32 Å². The summed E-state index contributed by atoms with van der Waals surface area (Å²) in [6.45, 7) is 3.81. The lowest BCUT2D eigenvalue weighted by Gasteiger charge is -2.17. The number of aromatic hydroxyl groups is 1. The van der Waals surface area contributed by atoms with Gasteiger partial charge in [0.05, 0.1) is 0 Å². The molecule has 5 nitrogen and oxygen atoms in total. The van der Waals surface area contributed by atoms with E-state index in [0.29, 0.717) is 5.75 Å². The highest BCUT2D eigenvalue weighted by atomic mass is 16.5. The minimum absolute atomic E-state index is 0.168. The van der Waals surface area contributed by atoms with Gasteiger partial charge < -0.3 is 20.5 Å². The lowest BCUT2D eigenvalue weighted by Crippen LogP contribution is -2.39. The van der Waals surface area contributed by atoms with Crippen molar-refractivity contribution in [3.05, 3.63) is 54.1 Å². The number of carbonyl (C=O) groups is 1. The van der Waals surface area contributed by atoms with E-state index >= 15 is 0 Å². The van der Waals surface area contributed by atoms with E-state index in [1.54, 1.807) is 19.1 Å².